The second-order valence-corrected chi connectivity index (χ2v) is 8.89. The maximum atomic E-state index is 12.7. The van der Waals surface area contributed by atoms with Crippen molar-refractivity contribution >= 4 is 35.6 Å². The third kappa shape index (κ3) is 6.93. The second kappa shape index (κ2) is 12.4. The number of amides is 3. The maximum Gasteiger partial charge on any atom is 0.323 e. The van der Waals surface area contributed by atoms with Gasteiger partial charge in [0, 0.05) is 48.9 Å². The van der Waals surface area contributed by atoms with Crippen LogP contribution in [0.15, 0.2) is 64.5 Å². The molecule has 1 aromatic heterocycles. The summed E-state index contributed by atoms with van der Waals surface area (Å²) in [7, 11) is 4.84. The molecule has 3 amide bonds. The number of nitrogens with zero attached hydrogens (tertiary/aromatic N) is 3. The van der Waals surface area contributed by atoms with Gasteiger partial charge >= 0.3 is 6.03 Å². The Morgan fingerprint density at radius 3 is 2.71 bits per heavy atom. The van der Waals surface area contributed by atoms with Crippen LogP contribution in [0.2, 0.25) is 0 Å². The molecule has 0 saturated heterocycles. The number of benzene rings is 1. The number of likely N-dealkylation sites (N-methyl/N-ethyl adjacent to an activating group) is 1. The average Bonchev–Trinajstić information content (AvgIpc) is 2.86. The van der Waals surface area contributed by atoms with Crippen LogP contribution in [0, 0.1) is 0 Å². The smallest absolute Gasteiger partial charge is 0.323 e. The molecular formula is C25H30N4O4S. The molecule has 9 heteroatoms. The predicted octanol–water partition coefficient (Wildman–Crippen LogP) is 4.22. The fraction of sp³-hybridized carbons (Fsp3) is 0.320. The van der Waals surface area contributed by atoms with Gasteiger partial charge in [0.1, 0.15) is 5.82 Å². The molecule has 180 valence electrons. The van der Waals surface area contributed by atoms with E-state index in [2.05, 4.69) is 10.3 Å². The van der Waals surface area contributed by atoms with Gasteiger partial charge in [-0.3, -0.25) is 10.1 Å². The molecule has 2 heterocycles. The third-order valence-corrected chi connectivity index (χ3v) is 6.39. The van der Waals surface area contributed by atoms with Crippen LogP contribution < -0.4 is 5.32 Å². The number of anilines is 1. The Labute approximate surface area is 204 Å². The number of nitrogens with one attached hydrogen (secondary N) is 1. The number of rotatable bonds is 10. The summed E-state index contributed by atoms with van der Waals surface area (Å²) in [5, 5.41) is 2.78. The number of carbonyl (C=O) groups is 2. The van der Waals surface area contributed by atoms with Gasteiger partial charge in [-0.15, -0.1) is 0 Å². The van der Waals surface area contributed by atoms with Crippen molar-refractivity contribution in [2.24, 2.45) is 0 Å². The van der Waals surface area contributed by atoms with Crippen LogP contribution >= 0.6 is 11.8 Å². The molecule has 0 aliphatic carbocycles. The van der Waals surface area contributed by atoms with E-state index in [1.165, 1.54) is 20.3 Å². The highest BCUT2D eigenvalue weighted by atomic mass is 32.2. The van der Waals surface area contributed by atoms with E-state index in [4.69, 9.17) is 9.47 Å². The van der Waals surface area contributed by atoms with Crippen molar-refractivity contribution in [3.05, 3.63) is 70.8 Å². The highest BCUT2D eigenvalue weighted by molar-refractivity contribution is 8.03. The molecule has 0 saturated carbocycles. The van der Waals surface area contributed by atoms with Crippen LogP contribution in [-0.4, -0.2) is 67.4 Å². The summed E-state index contributed by atoms with van der Waals surface area (Å²) >= 11 is 1.65. The SMILES string of the molecule is C/C=C(\CN(C)C(=O)/C=C/c1cnc2c(c1)CN(CC(OC)OC)C(=O)N2)Sc1ccccc1. The lowest BCUT2D eigenvalue weighted by Gasteiger charge is -2.30. The van der Waals surface area contributed by atoms with Crippen LogP contribution in [0.4, 0.5) is 10.6 Å². The molecule has 0 bridgehead atoms. The number of thioether (sulfide) groups is 1. The first-order valence-electron chi connectivity index (χ1n) is 10.8. The molecule has 0 unspecified atom stereocenters. The largest absolute Gasteiger partial charge is 0.354 e. The van der Waals surface area contributed by atoms with Crippen LogP contribution in [0.3, 0.4) is 0 Å². The van der Waals surface area contributed by atoms with Crippen molar-refractivity contribution in [2.75, 3.05) is 39.7 Å². The van der Waals surface area contributed by atoms with E-state index >= 15 is 0 Å². The van der Waals surface area contributed by atoms with Gasteiger partial charge in [-0.2, -0.15) is 0 Å². The summed E-state index contributed by atoms with van der Waals surface area (Å²) < 4.78 is 10.4. The lowest BCUT2D eigenvalue weighted by molar-refractivity contribution is -0.124. The number of hydrogen-bond acceptors (Lipinski definition) is 6. The Bertz CT molecular complexity index is 1050. The maximum absolute atomic E-state index is 12.7. The molecule has 0 radical (unpaired) electrons. The van der Waals surface area contributed by atoms with Crippen LogP contribution in [0.1, 0.15) is 18.1 Å². The Morgan fingerprint density at radius 2 is 2.03 bits per heavy atom. The molecule has 3 rings (SSSR count). The van der Waals surface area contributed by atoms with Crippen LogP contribution in [-0.2, 0) is 20.8 Å². The number of hydrogen-bond donors (Lipinski definition) is 1. The van der Waals surface area contributed by atoms with E-state index in [-0.39, 0.29) is 18.5 Å². The average molecular weight is 483 g/mol. The van der Waals surface area contributed by atoms with E-state index in [9.17, 15) is 9.59 Å². The first-order valence-corrected chi connectivity index (χ1v) is 11.7. The summed E-state index contributed by atoms with van der Waals surface area (Å²) in [5.41, 5.74) is 1.63. The molecule has 1 aromatic carbocycles. The van der Waals surface area contributed by atoms with E-state index in [0.717, 1.165) is 20.9 Å². The topological polar surface area (TPSA) is 84.0 Å². The Morgan fingerprint density at radius 1 is 1.29 bits per heavy atom. The fourth-order valence-corrected chi connectivity index (χ4v) is 4.28. The minimum atomic E-state index is -0.515. The van der Waals surface area contributed by atoms with E-state index in [1.807, 2.05) is 49.4 Å². The molecule has 34 heavy (non-hydrogen) atoms. The number of urea groups is 1. The Balaban J connectivity index is 1.62. The number of ether oxygens (including phenoxy) is 2. The fourth-order valence-electron chi connectivity index (χ4n) is 3.31. The Hall–Kier alpha value is -3.14. The van der Waals surface area contributed by atoms with E-state index in [0.29, 0.717) is 18.9 Å². The van der Waals surface area contributed by atoms with E-state index < -0.39 is 6.29 Å². The minimum Gasteiger partial charge on any atom is -0.354 e. The van der Waals surface area contributed by atoms with Crippen molar-refractivity contribution < 1.29 is 19.1 Å². The number of pyridine rings is 1. The van der Waals surface area contributed by atoms with Gasteiger partial charge in [0.25, 0.3) is 0 Å². The van der Waals surface area contributed by atoms with Crippen molar-refractivity contribution in [1.82, 2.24) is 14.8 Å². The first-order chi connectivity index (χ1) is 16.4. The first kappa shape index (κ1) is 25.5. The minimum absolute atomic E-state index is 0.108. The third-order valence-electron chi connectivity index (χ3n) is 5.26. The van der Waals surface area contributed by atoms with Gasteiger partial charge in [-0.25, -0.2) is 9.78 Å². The molecular weight excluding hydrogens is 452 g/mol. The highest BCUT2D eigenvalue weighted by Crippen LogP contribution is 2.27. The van der Waals surface area contributed by atoms with Gasteiger partial charge in [0.15, 0.2) is 6.29 Å². The number of fused-ring (bicyclic) bond motifs is 1. The predicted molar refractivity (Wildman–Crippen MR) is 134 cm³/mol. The van der Waals surface area contributed by atoms with Crippen molar-refractivity contribution in [1.29, 1.82) is 0 Å². The number of carbonyl (C=O) groups excluding carboxylic acids is 2. The molecule has 2 aromatic rings. The summed E-state index contributed by atoms with van der Waals surface area (Å²) in [4.78, 5) is 34.8. The van der Waals surface area contributed by atoms with Gasteiger partial charge < -0.3 is 19.3 Å². The van der Waals surface area contributed by atoms with Crippen molar-refractivity contribution in [2.45, 2.75) is 24.7 Å². The van der Waals surface area contributed by atoms with Crippen LogP contribution in [0.25, 0.3) is 6.08 Å². The standard InChI is InChI=1S/C25H30N4O4S/c1-5-20(34-21-9-7-6-8-10-21)16-28(2)22(30)12-11-18-13-19-15-29(17-23(32-3)33-4)25(31)27-24(19)26-14-18/h5-14,23H,15-17H2,1-4H3,(H,26,27,31)/b12-11+,20-5+. The lowest BCUT2D eigenvalue weighted by Crippen LogP contribution is -2.44. The van der Waals surface area contributed by atoms with E-state index in [1.54, 1.807) is 40.9 Å². The molecule has 1 aliphatic rings. The molecule has 1 aliphatic heterocycles. The molecule has 8 nitrogen and oxygen atoms in total. The quantitative estimate of drug-likeness (QED) is 0.310. The van der Waals surface area contributed by atoms with Gasteiger partial charge in [0.2, 0.25) is 5.91 Å². The van der Waals surface area contributed by atoms with Gasteiger partial charge in [-0.1, -0.05) is 36.0 Å². The molecule has 0 spiro atoms. The summed E-state index contributed by atoms with van der Waals surface area (Å²) in [6.07, 6.45) is 6.41. The summed E-state index contributed by atoms with van der Waals surface area (Å²) in [6, 6.07) is 11.7. The molecule has 1 N–H and O–H groups in total. The Kier molecular flexibility index (Phi) is 9.26. The van der Waals surface area contributed by atoms with Crippen molar-refractivity contribution in [3.63, 3.8) is 0 Å². The molecule has 0 fully saturated rings. The number of allylic oxidation sites excluding steroid dienone is 1. The monoisotopic (exact) mass is 482 g/mol. The second-order valence-electron chi connectivity index (χ2n) is 7.69. The van der Waals surface area contributed by atoms with Gasteiger partial charge in [-0.05, 0) is 36.8 Å². The molecule has 0 atom stereocenters. The zero-order chi connectivity index (χ0) is 24.5. The zero-order valence-corrected chi connectivity index (χ0v) is 20.7. The number of methoxy groups -OCH3 is 2. The van der Waals surface area contributed by atoms with Crippen molar-refractivity contribution in [3.8, 4) is 0 Å². The summed E-state index contributed by atoms with van der Waals surface area (Å²) in [5.74, 6) is 0.410. The normalized spacial score (nSPS) is 13.9. The summed E-state index contributed by atoms with van der Waals surface area (Å²) in [6.45, 7) is 3.15. The lowest BCUT2D eigenvalue weighted by atomic mass is 10.1. The van der Waals surface area contributed by atoms with Gasteiger partial charge in [0.05, 0.1) is 19.6 Å². The zero-order valence-electron chi connectivity index (χ0n) is 19.9. The highest BCUT2D eigenvalue weighted by Gasteiger charge is 2.26. The number of aromatic nitrogens is 1. The van der Waals surface area contributed by atoms with Crippen LogP contribution in [0.5, 0.6) is 0 Å².